The molecule has 0 amide bonds. The molecule has 0 bridgehead atoms. The molecule has 0 aliphatic carbocycles. The summed E-state index contributed by atoms with van der Waals surface area (Å²) >= 11 is 1.85. The van der Waals surface area contributed by atoms with Crippen molar-refractivity contribution in [3.8, 4) is 0 Å². The minimum absolute atomic E-state index is 0.0445. The van der Waals surface area contributed by atoms with E-state index in [2.05, 4.69) is 88.1 Å². The summed E-state index contributed by atoms with van der Waals surface area (Å²) in [6.45, 7) is 11.1. The number of hydrogen-bond donors (Lipinski definition) is 0. The Hall–Kier alpha value is -1.80. The molecule has 1 nitrogen and oxygen atoms in total. The van der Waals surface area contributed by atoms with Crippen molar-refractivity contribution in [3.05, 3.63) is 84.2 Å². The van der Waals surface area contributed by atoms with Crippen molar-refractivity contribution in [2.45, 2.75) is 49.7 Å². The molecule has 0 fully saturated rings. The molecule has 1 aromatic heterocycles. The van der Waals surface area contributed by atoms with E-state index in [4.69, 9.17) is 0 Å². The number of thioether (sulfide) groups is 1. The summed E-state index contributed by atoms with van der Waals surface area (Å²) in [7, 11) is 0. The van der Waals surface area contributed by atoms with Gasteiger partial charge in [-0.15, -0.1) is 11.8 Å². The average Bonchev–Trinajstić information content (AvgIpc) is 2.52. The second-order valence-electron chi connectivity index (χ2n) is 7.38. The van der Waals surface area contributed by atoms with Crippen LogP contribution in [-0.2, 0) is 10.2 Å². The quantitative estimate of drug-likeness (QED) is 0.590. The summed E-state index contributed by atoms with van der Waals surface area (Å²) in [4.78, 5) is 5.92. The molecule has 1 aromatic carbocycles. The number of aromatic nitrogens is 1. The second-order valence-corrected chi connectivity index (χ2v) is 9.07. The van der Waals surface area contributed by atoms with Gasteiger partial charge in [0.2, 0.25) is 0 Å². The average molecular weight is 338 g/mol. The lowest BCUT2D eigenvalue weighted by atomic mass is 9.91. The van der Waals surface area contributed by atoms with Crippen molar-refractivity contribution in [3.63, 3.8) is 0 Å². The van der Waals surface area contributed by atoms with Gasteiger partial charge in [0, 0.05) is 26.9 Å². The lowest BCUT2D eigenvalue weighted by Gasteiger charge is -2.25. The zero-order chi connectivity index (χ0) is 17.6. The molecular formula is C22H27NS. The van der Waals surface area contributed by atoms with Crippen LogP contribution in [0.25, 0.3) is 0 Å². The third kappa shape index (κ3) is 5.38. The van der Waals surface area contributed by atoms with Gasteiger partial charge in [-0.05, 0) is 37.6 Å². The van der Waals surface area contributed by atoms with E-state index in [1.807, 2.05) is 36.2 Å². The van der Waals surface area contributed by atoms with E-state index in [9.17, 15) is 0 Å². The molecular weight excluding hydrogens is 310 g/mol. The van der Waals surface area contributed by atoms with Gasteiger partial charge >= 0.3 is 0 Å². The predicted molar refractivity (Wildman–Crippen MR) is 106 cm³/mol. The molecule has 0 aliphatic rings. The van der Waals surface area contributed by atoms with Gasteiger partial charge in [-0.1, -0.05) is 69.3 Å². The summed E-state index contributed by atoms with van der Waals surface area (Å²) in [5.74, 6) is 0. The second kappa shape index (κ2) is 7.85. The number of rotatable bonds is 3. The van der Waals surface area contributed by atoms with Crippen LogP contribution in [0.4, 0.5) is 0 Å². The molecule has 0 unspecified atom stereocenters. The lowest BCUT2D eigenvalue weighted by Crippen LogP contribution is -2.16. The molecule has 2 aromatic rings. The molecule has 1 heterocycles. The van der Waals surface area contributed by atoms with Crippen LogP contribution in [0.3, 0.4) is 0 Å². The van der Waals surface area contributed by atoms with Crippen LogP contribution in [0.2, 0.25) is 0 Å². The Morgan fingerprint density at radius 2 is 1.25 bits per heavy atom. The predicted octanol–water partition coefficient (Wildman–Crippen LogP) is 6.53. The SMILES string of the molecule is CC(C)(C)c1ccc(C(C)(C)Sc2ccccccccc2)cn1. The van der Waals surface area contributed by atoms with Gasteiger partial charge in [0.15, 0.2) is 0 Å². The van der Waals surface area contributed by atoms with Gasteiger partial charge in [-0.2, -0.15) is 0 Å². The molecule has 0 saturated heterocycles. The van der Waals surface area contributed by atoms with Gasteiger partial charge < -0.3 is 0 Å². The van der Waals surface area contributed by atoms with Crippen molar-refractivity contribution in [1.29, 1.82) is 0 Å². The molecule has 0 saturated carbocycles. The maximum atomic E-state index is 4.69. The third-order valence-corrected chi connectivity index (χ3v) is 5.04. The summed E-state index contributed by atoms with van der Waals surface area (Å²) in [5, 5.41) is 0. The van der Waals surface area contributed by atoms with Crippen molar-refractivity contribution < 1.29 is 0 Å². The normalized spacial score (nSPS) is 11.7. The van der Waals surface area contributed by atoms with Gasteiger partial charge in [0.1, 0.15) is 0 Å². The van der Waals surface area contributed by atoms with E-state index < -0.39 is 0 Å². The van der Waals surface area contributed by atoms with E-state index in [0.29, 0.717) is 0 Å². The Morgan fingerprint density at radius 3 is 1.71 bits per heavy atom. The largest absolute Gasteiger partial charge is 0.260 e. The first kappa shape index (κ1) is 18.5. The zero-order valence-electron chi connectivity index (χ0n) is 15.3. The molecule has 2 heteroatoms. The lowest BCUT2D eigenvalue weighted by molar-refractivity contribution is 0.567. The minimum Gasteiger partial charge on any atom is -0.260 e. The molecule has 24 heavy (non-hydrogen) atoms. The maximum absolute atomic E-state index is 4.69. The molecule has 0 aliphatic heterocycles. The van der Waals surface area contributed by atoms with Crippen molar-refractivity contribution >= 4 is 11.8 Å². The Kier molecular flexibility index (Phi) is 6.06. The number of nitrogens with zero attached hydrogens (tertiary/aromatic N) is 1. The van der Waals surface area contributed by atoms with Crippen LogP contribution < -0.4 is 0 Å². The fraction of sp³-hybridized carbons (Fsp3) is 0.318. The number of hydrogen-bond acceptors (Lipinski definition) is 2. The molecule has 126 valence electrons. The van der Waals surface area contributed by atoms with Crippen LogP contribution in [-0.4, -0.2) is 4.98 Å². The molecule has 0 spiro atoms. The van der Waals surface area contributed by atoms with Gasteiger partial charge in [-0.25, -0.2) is 0 Å². The Morgan fingerprint density at radius 1 is 0.708 bits per heavy atom. The molecule has 0 atom stereocenters. The van der Waals surface area contributed by atoms with Crippen molar-refractivity contribution in [2.24, 2.45) is 0 Å². The first-order valence-corrected chi connectivity index (χ1v) is 9.15. The van der Waals surface area contributed by atoms with Crippen LogP contribution in [0.15, 0.2) is 77.8 Å². The summed E-state index contributed by atoms with van der Waals surface area (Å²) in [6, 6.07) is 23.0. The van der Waals surface area contributed by atoms with Crippen LogP contribution in [0, 0.1) is 0 Å². The highest BCUT2D eigenvalue weighted by Crippen LogP contribution is 2.40. The van der Waals surface area contributed by atoms with E-state index in [1.165, 1.54) is 10.5 Å². The first-order valence-electron chi connectivity index (χ1n) is 8.33. The van der Waals surface area contributed by atoms with Gasteiger partial charge in [0.05, 0.1) is 0 Å². The fourth-order valence-electron chi connectivity index (χ4n) is 2.29. The van der Waals surface area contributed by atoms with Crippen molar-refractivity contribution in [2.75, 3.05) is 0 Å². The molecule has 0 radical (unpaired) electrons. The van der Waals surface area contributed by atoms with E-state index in [-0.39, 0.29) is 10.2 Å². The molecule has 2 rings (SSSR count). The summed E-state index contributed by atoms with van der Waals surface area (Å²) in [6.07, 6.45) is 2.02. The van der Waals surface area contributed by atoms with E-state index in [0.717, 1.165) is 5.69 Å². The summed E-state index contributed by atoms with van der Waals surface area (Å²) in [5.41, 5.74) is 2.46. The highest BCUT2D eigenvalue weighted by atomic mass is 32.2. The van der Waals surface area contributed by atoms with Crippen molar-refractivity contribution in [1.82, 2.24) is 4.98 Å². The monoisotopic (exact) mass is 337 g/mol. The van der Waals surface area contributed by atoms with Crippen LogP contribution in [0.5, 0.6) is 0 Å². The van der Waals surface area contributed by atoms with E-state index in [1.54, 1.807) is 0 Å². The third-order valence-electron chi connectivity index (χ3n) is 3.79. The number of pyridine rings is 1. The van der Waals surface area contributed by atoms with Crippen LogP contribution in [0.1, 0.15) is 45.9 Å². The zero-order valence-corrected chi connectivity index (χ0v) is 16.1. The van der Waals surface area contributed by atoms with Gasteiger partial charge in [0.25, 0.3) is 0 Å². The smallest absolute Gasteiger partial charge is 0.0457 e. The first-order chi connectivity index (χ1) is 11.3. The highest BCUT2D eigenvalue weighted by Gasteiger charge is 2.23. The standard InChI is InChI=1S/C22H27NS/c1-21(2,3)20-16-15-18(17-23-20)22(4,5)24-19-13-11-9-7-6-8-10-12-14-19/h6-17H,1-5H3. The Bertz CT molecular complexity index is 686. The Labute approximate surface area is 150 Å². The fourth-order valence-corrected chi connectivity index (χ4v) is 3.41. The molecule has 0 N–H and O–H groups in total. The maximum Gasteiger partial charge on any atom is 0.0457 e. The van der Waals surface area contributed by atoms with Gasteiger partial charge in [-0.3, -0.25) is 4.98 Å². The topological polar surface area (TPSA) is 12.9 Å². The van der Waals surface area contributed by atoms with Crippen LogP contribution >= 0.6 is 11.8 Å². The highest BCUT2D eigenvalue weighted by molar-refractivity contribution is 8.00. The van der Waals surface area contributed by atoms with E-state index >= 15 is 0 Å². The Balaban J connectivity index is 2.28. The summed E-state index contributed by atoms with van der Waals surface area (Å²) < 4.78 is -0.0445. The minimum atomic E-state index is -0.0445.